The Morgan fingerprint density at radius 2 is 2.10 bits per heavy atom. The number of anilines is 2. The number of fused-ring (bicyclic) bond motifs is 1. The van der Waals surface area contributed by atoms with E-state index in [4.69, 9.17) is 5.84 Å². The monoisotopic (exact) mass is 268 g/mol. The molecule has 0 atom stereocenters. The molecule has 0 saturated heterocycles. The summed E-state index contributed by atoms with van der Waals surface area (Å²) in [4.78, 5) is 23.4. The second-order valence-electron chi connectivity index (χ2n) is 4.12. The molecule has 0 aliphatic heterocycles. The van der Waals surface area contributed by atoms with Crippen molar-refractivity contribution in [2.75, 3.05) is 10.7 Å². The van der Waals surface area contributed by atoms with E-state index in [1.807, 2.05) is 24.3 Å². The number of rotatable bonds is 3. The molecule has 2 aromatic heterocycles. The summed E-state index contributed by atoms with van der Waals surface area (Å²) in [5.74, 6) is 5.41. The number of benzene rings is 1. The molecule has 0 saturated carbocycles. The van der Waals surface area contributed by atoms with E-state index in [-0.39, 0.29) is 5.91 Å². The van der Waals surface area contributed by atoms with Crippen molar-refractivity contribution in [2.24, 2.45) is 5.84 Å². The van der Waals surface area contributed by atoms with Crippen LogP contribution in [0, 0.1) is 0 Å². The molecule has 0 spiro atoms. The van der Waals surface area contributed by atoms with Crippen molar-refractivity contribution in [2.45, 2.75) is 0 Å². The molecule has 0 unspecified atom stereocenters. The second kappa shape index (κ2) is 4.98. The van der Waals surface area contributed by atoms with Gasteiger partial charge in [0.1, 0.15) is 0 Å². The molecule has 3 rings (SSSR count). The number of nitrogens with zero attached hydrogens (tertiary/aromatic N) is 2. The van der Waals surface area contributed by atoms with Gasteiger partial charge in [-0.3, -0.25) is 20.9 Å². The third-order valence-corrected chi connectivity index (χ3v) is 2.84. The fraction of sp³-hybridized carbons (Fsp3) is 0. The van der Waals surface area contributed by atoms with Crippen molar-refractivity contribution in [3.63, 3.8) is 0 Å². The maximum absolute atomic E-state index is 12.2. The number of aromatic nitrogens is 3. The molecule has 7 heteroatoms. The lowest BCUT2D eigenvalue weighted by Gasteiger charge is -2.06. The van der Waals surface area contributed by atoms with E-state index >= 15 is 0 Å². The number of hydrogen-bond donors (Lipinski definition) is 4. The summed E-state index contributed by atoms with van der Waals surface area (Å²) in [5.41, 5.74) is 4.91. The normalized spacial score (nSPS) is 10.4. The van der Waals surface area contributed by atoms with Gasteiger partial charge in [0.05, 0.1) is 28.5 Å². The largest absolute Gasteiger partial charge is 0.324 e. The van der Waals surface area contributed by atoms with Gasteiger partial charge in [0.15, 0.2) is 0 Å². The molecular formula is C13H12N6O. The average Bonchev–Trinajstić information content (AvgIpc) is 2.89. The van der Waals surface area contributed by atoms with Gasteiger partial charge in [-0.05, 0) is 18.2 Å². The number of para-hydroxylation sites is 2. The number of imidazole rings is 1. The Bertz CT molecular complexity index is 733. The summed E-state index contributed by atoms with van der Waals surface area (Å²) in [6.45, 7) is 0. The van der Waals surface area contributed by atoms with Gasteiger partial charge >= 0.3 is 0 Å². The van der Waals surface area contributed by atoms with Crippen molar-refractivity contribution in [3.05, 3.63) is 48.3 Å². The molecule has 20 heavy (non-hydrogen) atoms. The first-order valence-electron chi connectivity index (χ1n) is 5.94. The van der Waals surface area contributed by atoms with Crippen LogP contribution in [0.25, 0.3) is 11.0 Å². The smallest absolute Gasteiger partial charge is 0.260 e. The third kappa shape index (κ3) is 2.17. The summed E-state index contributed by atoms with van der Waals surface area (Å²) >= 11 is 0. The van der Waals surface area contributed by atoms with Gasteiger partial charge < -0.3 is 10.4 Å². The number of carbonyl (C=O) groups is 1. The van der Waals surface area contributed by atoms with E-state index in [9.17, 15) is 4.79 Å². The van der Waals surface area contributed by atoms with E-state index in [1.165, 1.54) is 12.4 Å². The van der Waals surface area contributed by atoms with Crippen molar-refractivity contribution in [1.82, 2.24) is 15.0 Å². The predicted octanol–water partition coefficient (Wildman–Crippen LogP) is 1.50. The van der Waals surface area contributed by atoms with E-state index in [1.54, 1.807) is 6.07 Å². The highest BCUT2D eigenvalue weighted by Gasteiger charge is 2.12. The zero-order chi connectivity index (χ0) is 13.9. The number of aromatic amines is 1. The minimum absolute atomic E-state index is 0.320. The van der Waals surface area contributed by atoms with Gasteiger partial charge in [0, 0.05) is 6.20 Å². The van der Waals surface area contributed by atoms with Crippen LogP contribution in [0.3, 0.4) is 0 Å². The van der Waals surface area contributed by atoms with E-state index in [0.29, 0.717) is 17.2 Å². The number of carbonyl (C=O) groups excluding carboxylic acids is 1. The van der Waals surface area contributed by atoms with Crippen LogP contribution in [0.2, 0.25) is 0 Å². The lowest BCUT2D eigenvalue weighted by molar-refractivity contribution is 0.102. The molecule has 0 radical (unpaired) electrons. The first-order valence-corrected chi connectivity index (χ1v) is 5.94. The van der Waals surface area contributed by atoms with Gasteiger partial charge in [-0.1, -0.05) is 12.1 Å². The fourth-order valence-electron chi connectivity index (χ4n) is 1.89. The molecule has 1 amide bonds. The molecule has 3 aromatic rings. The number of hydrazine groups is 1. The lowest BCUT2D eigenvalue weighted by atomic mass is 10.2. The number of hydrogen-bond acceptors (Lipinski definition) is 5. The summed E-state index contributed by atoms with van der Waals surface area (Å²) in [6.07, 6.45) is 3.00. The van der Waals surface area contributed by atoms with Crippen LogP contribution < -0.4 is 16.6 Å². The first kappa shape index (κ1) is 12.1. The standard InChI is InChI=1S/C13H12N6O/c14-19-11-7-15-6-5-8(11)12(20)18-13-16-9-3-1-2-4-10(9)17-13/h1-7,19H,14H2,(H2,16,17,18,20). The van der Waals surface area contributed by atoms with Crippen molar-refractivity contribution in [1.29, 1.82) is 0 Å². The zero-order valence-corrected chi connectivity index (χ0v) is 10.4. The highest BCUT2D eigenvalue weighted by Crippen LogP contribution is 2.16. The Balaban J connectivity index is 1.88. The fourth-order valence-corrected chi connectivity index (χ4v) is 1.89. The van der Waals surface area contributed by atoms with Crippen LogP contribution >= 0.6 is 0 Å². The SMILES string of the molecule is NNc1cnccc1C(=O)Nc1nc2ccccc2[nH]1. The predicted molar refractivity (Wildman–Crippen MR) is 76.1 cm³/mol. The Kier molecular flexibility index (Phi) is 3.02. The average molecular weight is 268 g/mol. The Morgan fingerprint density at radius 3 is 2.90 bits per heavy atom. The number of nitrogens with one attached hydrogen (secondary N) is 3. The summed E-state index contributed by atoms with van der Waals surface area (Å²) in [7, 11) is 0. The minimum atomic E-state index is -0.320. The molecule has 2 heterocycles. The topological polar surface area (TPSA) is 109 Å². The van der Waals surface area contributed by atoms with Crippen LogP contribution in [0.1, 0.15) is 10.4 Å². The summed E-state index contributed by atoms with van der Waals surface area (Å²) in [5, 5.41) is 2.69. The van der Waals surface area contributed by atoms with Gasteiger partial charge in [-0.25, -0.2) is 4.98 Å². The molecule has 1 aromatic carbocycles. The van der Waals surface area contributed by atoms with Crippen molar-refractivity contribution < 1.29 is 4.79 Å². The highest BCUT2D eigenvalue weighted by molar-refractivity contribution is 6.07. The Morgan fingerprint density at radius 1 is 1.25 bits per heavy atom. The highest BCUT2D eigenvalue weighted by atomic mass is 16.1. The molecule has 0 aliphatic rings. The van der Waals surface area contributed by atoms with Crippen molar-refractivity contribution >= 4 is 28.6 Å². The molecule has 0 fully saturated rings. The lowest BCUT2D eigenvalue weighted by Crippen LogP contribution is -2.18. The molecule has 100 valence electrons. The molecule has 0 aliphatic carbocycles. The molecule has 5 N–H and O–H groups in total. The molecular weight excluding hydrogens is 256 g/mol. The van der Waals surface area contributed by atoms with Gasteiger partial charge in [-0.2, -0.15) is 0 Å². The van der Waals surface area contributed by atoms with Crippen LogP contribution in [0.4, 0.5) is 11.6 Å². The number of pyridine rings is 1. The summed E-state index contributed by atoms with van der Waals surface area (Å²) < 4.78 is 0. The maximum atomic E-state index is 12.2. The maximum Gasteiger partial charge on any atom is 0.260 e. The van der Waals surface area contributed by atoms with E-state index in [2.05, 4.69) is 25.7 Å². The van der Waals surface area contributed by atoms with E-state index in [0.717, 1.165) is 11.0 Å². The second-order valence-corrected chi connectivity index (χ2v) is 4.12. The van der Waals surface area contributed by atoms with Crippen molar-refractivity contribution in [3.8, 4) is 0 Å². The third-order valence-electron chi connectivity index (χ3n) is 2.84. The number of nitrogen functional groups attached to an aromatic ring is 1. The van der Waals surface area contributed by atoms with Gasteiger partial charge in [0.2, 0.25) is 5.95 Å². The van der Waals surface area contributed by atoms with Crippen LogP contribution in [-0.4, -0.2) is 20.9 Å². The number of amides is 1. The minimum Gasteiger partial charge on any atom is -0.324 e. The first-order chi connectivity index (χ1) is 9.78. The molecule has 7 nitrogen and oxygen atoms in total. The van der Waals surface area contributed by atoms with Crippen LogP contribution in [0.5, 0.6) is 0 Å². The number of nitrogens with two attached hydrogens (primary N) is 1. The van der Waals surface area contributed by atoms with E-state index < -0.39 is 0 Å². The van der Waals surface area contributed by atoms with Gasteiger partial charge in [0.25, 0.3) is 5.91 Å². The summed E-state index contributed by atoms with van der Waals surface area (Å²) in [6, 6.07) is 9.10. The zero-order valence-electron chi connectivity index (χ0n) is 10.4. The molecule has 0 bridgehead atoms. The van der Waals surface area contributed by atoms with Crippen LogP contribution in [0.15, 0.2) is 42.7 Å². The Labute approximate surface area is 114 Å². The number of H-pyrrole nitrogens is 1. The quantitative estimate of drug-likeness (QED) is 0.425. The van der Waals surface area contributed by atoms with Crippen LogP contribution in [-0.2, 0) is 0 Å². The Hall–Kier alpha value is -2.93. The van der Waals surface area contributed by atoms with Gasteiger partial charge in [-0.15, -0.1) is 0 Å².